The average molecular weight is 488 g/mol. The van der Waals surface area contributed by atoms with Crippen LogP contribution in [-0.4, -0.2) is 30.9 Å². The maximum Gasteiger partial charge on any atom is 0.314 e. The molecule has 0 radical (unpaired) electrons. The summed E-state index contributed by atoms with van der Waals surface area (Å²) in [5.74, 6) is -0.337. The first kappa shape index (κ1) is 23.1. The van der Waals surface area contributed by atoms with Crippen molar-refractivity contribution in [2.75, 3.05) is 6.26 Å². The largest absolute Gasteiger partial charge is 0.481 e. The normalized spacial score (nSPS) is 15.5. The lowest BCUT2D eigenvalue weighted by atomic mass is 9.93. The zero-order valence-electron chi connectivity index (χ0n) is 19.4. The maximum atomic E-state index is 12.8. The van der Waals surface area contributed by atoms with E-state index in [-0.39, 0.29) is 0 Å². The summed E-state index contributed by atoms with van der Waals surface area (Å²) in [7, 11) is -3.50. The monoisotopic (exact) mass is 487 g/mol. The van der Waals surface area contributed by atoms with Crippen LogP contribution in [0.4, 0.5) is 0 Å². The number of carboxylic acids is 1. The Labute approximate surface area is 204 Å². The summed E-state index contributed by atoms with van der Waals surface area (Å²) in [6, 6.07) is 24.4. The Bertz CT molecular complexity index is 1480. The molecule has 1 heterocycles. The van der Waals surface area contributed by atoms with Gasteiger partial charge in [-0.3, -0.25) is 4.79 Å². The van der Waals surface area contributed by atoms with Crippen LogP contribution in [0, 0.1) is 6.92 Å². The number of benzene rings is 3. The number of hydrogen-bond donors (Lipinski definition) is 1. The van der Waals surface area contributed by atoms with E-state index in [9.17, 15) is 18.3 Å². The van der Waals surface area contributed by atoms with Gasteiger partial charge >= 0.3 is 5.97 Å². The van der Waals surface area contributed by atoms with Gasteiger partial charge in [0.05, 0.1) is 11.1 Å². The zero-order chi connectivity index (χ0) is 24.8. The zero-order valence-corrected chi connectivity index (χ0v) is 20.2. The van der Waals surface area contributed by atoms with E-state index in [1.807, 2.05) is 66.7 Å². The molecule has 1 saturated carbocycles. The number of rotatable bonds is 7. The molecule has 6 nitrogen and oxygen atoms in total. The van der Waals surface area contributed by atoms with Crippen molar-refractivity contribution in [1.82, 2.24) is 5.16 Å². The fourth-order valence-corrected chi connectivity index (χ4v) is 6.05. The highest BCUT2D eigenvalue weighted by Crippen LogP contribution is 2.48. The lowest BCUT2D eigenvalue weighted by Gasteiger charge is -2.16. The minimum atomic E-state index is -3.50. The van der Waals surface area contributed by atoms with Gasteiger partial charge < -0.3 is 9.63 Å². The van der Waals surface area contributed by atoms with E-state index < -0.39 is 26.5 Å². The number of aliphatic carboxylic acids is 1. The number of carbonyl (C=O) groups is 1. The molecule has 1 unspecified atom stereocenters. The molecule has 3 aromatic carbocycles. The molecule has 1 aromatic heterocycles. The van der Waals surface area contributed by atoms with Gasteiger partial charge in [0, 0.05) is 17.4 Å². The first-order chi connectivity index (χ1) is 16.7. The van der Waals surface area contributed by atoms with Crippen molar-refractivity contribution in [2.24, 2.45) is 0 Å². The highest BCUT2D eigenvalue weighted by molar-refractivity contribution is 7.91. The molecule has 1 atom stereocenters. The van der Waals surface area contributed by atoms with Crippen LogP contribution >= 0.6 is 0 Å². The first-order valence-electron chi connectivity index (χ1n) is 11.4. The van der Waals surface area contributed by atoms with Crippen molar-refractivity contribution >= 4 is 15.8 Å². The van der Waals surface area contributed by atoms with Gasteiger partial charge in [-0.25, -0.2) is 8.42 Å². The van der Waals surface area contributed by atoms with Crippen molar-refractivity contribution in [3.63, 3.8) is 0 Å². The molecule has 178 valence electrons. The molecular weight excluding hydrogens is 462 g/mol. The topological polar surface area (TPSA) is 97.5 Å². The Hall–Kier alpha value is -3.71. The van der Waals surface area contributed by atoms with E-state index >= 15 is 0 Å². The van der Waals surface area contributed by atoms with Crippen molar-refractivity contribution in [3.05, 3.63) is 101 Å². The summed E-state index contributed by atoms with van der Waals surface area (Å²) in [5.41, 5.74) is 4.50. The van der Waals surface area contributed by atoms with E-state index in [4.69, 9.17) is 4.52 Å². The van der Waals surface area contributed by atoms with Gasteiger partial charge in [-0.05, 0) is 42.0 Å². The van der Waals surface area contributed by atoms with Gasteiger partial charge in [-0.1, -0.05) is 84.0 Å². The Kier molecular flexibility index (Phi) is 5.60. The van der Waals surface area contributed by atoms with Crippen LogP contribution in [0.2, 0.25) is 0 Å². The lowest BCUT2D eigenvalue weighted by molar-refractivity contribution is -0.140. The number of aromatic nitrogens is 1. The molecule has 7 heteroatoms. The minimum absolute atomic E-state index is 0.431. The molecule has 0 bridgehead atoms. The van der Waals surface area contributed by atoms with Gasteiger partial charge in [0.1, 0.15) is 5.25 Å². The van der Waals surface area contributed by atoms with Crippen LogP contribution in [0.25, 0.3) is 22.5 Å². The fraction of sp³-hybridized carbons (Fsp3) is 0.214. The quantitative estimate of drug-likeness (QED) is 0.366. The van der Waals surface area contributed by atoms with E-state index in [0.29, 0.717) is 35.4 Å². The Morgan fingerprint density at radius 3 is 1.97 bits per heavy atom. The van der Waals surface area contributed by atoms with Gasteiger partial charge in [0.2, 0.25) is 0 Å². The molecule has 35 heavy (non-hydrogen) atoms. The van der Waals surface area contributed by atoms with Gasteiger partial charge in [0.15, 0.2) is 15.6 Å². The summed E-state index contributed by atoms with van der Waals surface area (Å²) >= 11 is 0. The smallest absolute Gasteiger partial charge is 0.314 e. The summed E-state index contributed by atoms with van der Waals surface area (Å²) in [6.07, 6.45) is 2.57. The van der Waals surface area contributed by atoms with E-state index in [0.717, 1.165) is 22.3 Å². The summed E-state index contributed by atoms with van der Waals surface area (Å²) in [5, 5.41) is 12.7. The second kappa shape index (κ2) is 8.50. The fourth-order valence-electron chi connectivity index (χ4n) is 4.70. The molecule has 1 N–H and O–H groups in total. The van der Waals surface area contributed by atoms with Crippen molar-refractivity contribution < 1.29 is 22.8 Å². The van der Waals surface area contributed by atoms with E-state index in [2.05, 4.69) is 5.16 Å². The molecule has 4 aromatic rings. The Balaban J connectivity index is 1.49. The number of hydrogen-bond acceptors (Lipinski definition) is 5. The molecule has 1 aliphatic rings. The molecule has 1 aliphatic carbocycles. The maximum absolute atomic E-state index is 12.8. The lowest BCUT2D eigenvalue weighted by Crippen LogP contribution is -2.19. The van der Waals surface area contributed by atoms with Gasteiger partial charge in [-0.2, -0.15) is 0 Å². The molecule has 1 fully saturated rings. The summed E-state index contributed by atoms with van der Waals surface area (Å²) in [4.78, 5) is 11.6. The predicted molar refractivity (Wildman–Crippen MR) is 134 cm³/mol. The third-order valence-electron chi connectivity index (χ3n) is 6.78. The number of sulfone groups is 1. The Morgan fingerprint density at radius 1 is 0.914 bits per heavy atom. The van der Waals surface area contributed by atoms with Crippen molar-refractivity contribution in [2.45, 2.75) is 30.4 Å². The SMILES string of the molecule is Cc1noc(-c2ccc(-c3ccc(C4(C(=O)O)CC4)cc3)cc2)c1C(c1ccccc1)S(C)(=O)=O. The van der Waals surface area contributed by atoms with Gasteiger partial charge in [-0.15, -0.1) is 0 Å². The molecule has 0 aliphatic heterocycles. The van der Waals surface area contributed by atoms with Crippen molar-refractivity contribution in [1.29, 1.82) is 0 Å². The van der Waals surface area contributed by atoms with Crippen LogP contribution in [0.5, 0.6) is 0 Å². The summed E-state index contributed by atoms with van der Waals surface area (Å²) < 4.78 is 31.3. The average Bonchev–Trinajstić information content (AvgIpc) is 3.59. The van der Waals surface area contributed by atoms with Crippen LogP contribution in [0.3, 0.4) is 0 Å². The predicted octanol–water partition coefficient (Wildman–Crippen LogP) is 5.57. The molecule has 0 saturated heterocycles. The second-order valence-electron chi connectivity index (χ2n) is 9.17. The van der Waals surface area contributed by atoms with E-state index in [1.54, 1.807) is 19.1 Å². The van der Waals surface area contributed by atoms with Crippen LogP contribution in [0.1, 0.15) is 40.5 Å². The van der Waals surface area contributed by atoms with Gasteiger partial charge in [0.25, 0.3) is 0 Å². The van der Waals surface area contributed by atoms with Crippen LogP contribution in [0.15, 0.2) is 83.4 Å². The number of aryl methyl sites for hydroxylation is 1. The highest BCUT2D eigenvalue weighted by Gasteiger charge is 2.51. The molecule has 5 rings (SSSR count). The Morgan fingerprint density at radius 2 is 1.46 bits per heavy atom. The highest BCUT2D eigenvalue weighted by atomic mass is 32.2. The number of carboxylic acid groups (broad SMARTS) is 1. The van der Waals surface area contributed by atoms with Crippen molar-refractivity contribution in [3.8, 4) is 22.5 Å². The number of nitrogens with zero attached hydrogens (tertiary/aromatic N) is 1. The van der Waals surface area contributed by atoms with E-state index in [1.165, 1.54) is 6.26 Å². The molecule has 0 amide bonds. The van der Waals surface area contributed by atoms with Crippen LogP contribution in [-0.2, 0) is 20.0 Å². The third kappa shape index (κ3) is 4.17. The first-order valence-corrected chi connectivity index (χ1v) is 13.3. The summed E-state index contributed by atoms with van der Waals surface area (Å²) in [6.45, 7) is 1.75. The molecule has 0 spiro atoms. The molecular formula is C28H25NO5S. The second-order valence-corrected chi connectivity index (χ2v) is 11.3. The van der Waals surface area contributed by atoms with Crippen LogP contribution < -0.4 is 0 Å². The third-order valence-corrected chi connectivity index (χ3v) is 8.14. The minimum Gasteiger partial charge on any atom is -0.481 e. The standard InChI is InChI=1S/C28H25NO5S/c1-18-24(26(35(2,32)33)22-6-4-3-5-7-22)25(34-29-18)21-10-8-19(9-11-21)20-12-14-23(15-13-20)28(16-17-28)27(30)31/h3-15,26H,16-17H2,1-2H3,(H,30,31).